The molecule has 0 saturated carbocycles. The van der Waals surface area contributed by atoms with Crippen molar-refractivity contribution < 1.29 is 13.2 Å². The fourth-order valence-corrected chi connectivity index (χ4v) is 3.92. The molecule has 1 saturated heterocycles. The second kappa shape index (κ2) is 5.45. The molecule has 0 spiro atoms. The van der Waals surface area contributed by atoms with E-state index in [1.54, 1.807) is 48.6 Å². The summed E-state index contributed by atoms with van der Waals surface area (Å²) in [6, 6.07) is 6.42. The maximum atomic E-state index is 12.6. The van der Waals surface area contributed by atoms with Crippen molar-refractivity contribution in [3.05, 3.63) is 36.7 Å². The monoisotopic (exact) mass is 308 g/mol. The van der Waals surface area contributed by atoms with E-state index in [-0.39, 0.29) is 10.9 Å². The van der Waals surface area contributed by atoms with Crippen molar-refractivity contribution in [2.75, 3.05) is 20.2 Å². The molecule has 3 rings (SSSR count). The molecule has 1 unspecified atom stereocenters. The van der Waals surface area contributed by atoms with Crippen molar-refractivity contribution >= 4 is 10.0 Å². The van der Waals surface area contributed by atoms with Gasteiger partial charge in [0.1, 0.15) is 5.75 Å². The average Bonchev–Trinajstić information content (AvgIpc) is 3.18. The molecule has 0 radical (unpaired) electrons. The van der Waals surface area contributed by atoms with Crippen LogP contribution < -0.4 is 4.74 Å². The van der Waals surface area contributed by atoms with Crippen LogP contribution in [0, 0.1) is 0 Å². The van der Waals surface area contributed by atoms with E-state index < -0.39 is 10.0 Å². The van der Waals surface area contributed by atoms with Gasteiger partial charge in [-0.3, -0.25) is 0 Å². The Morgan fingerprint density at radius 3 is 2.48 bits per heavy atom. The molecule has 112 valence electrons. The highest BCUT2D eigenvalue weighted by molar-refractivity contribution is 7.89. The molecule has 0 amide bonds. The number of aromatic nitrogens is 3. The zero-order chi connectivity index (χ0) is 14.9. The molecule has 1 aliphatic rings. The standard InChI is InChI=1S/C13H16N4O3S/c1-20-12-2-4-13(5-3-12)21(18,19)16-9-6-11(10-16)17-14-7-8-15-17/h2-5,7-8,11H,6,9-10H2,1H3. The first-order valence-electron chi connectivity index (χ1n) is 6.61. The first-order chi connectivity index (χ1) is 10.1. The molecule has 1 aromatic carbocycles. The van der Waals surface area contributed by atoms with Gasteiger partial charge in [-0.15, -0.1) is 0 Å². The van der Waals surface area contributed by atoms with Crippen molar-refractivity contribution in [3.8, 4) is 5.75 Å². The lowest BCUT2D eigenvalue weighted by molar-refractivity contribution is 0.402. The summed E-state index contributed by atoms with van der Waals surface area (Å²) in [6.45, 7) is 0.865. The summed E-state index contributed by atoms with van der Waals surface area (Å²) in [5, 5.41) is 8.16. The van der Waals surface area contributed by atoms with Crippen molar-refractivity contribution in [3.63, 3.8) is 0 Å². The van der Waals surface area contributed by atoms with Crippen LogP contribution in [0.15, 0.2) is 41.6 Å². The number of benzene rings is 1. The van der Waals surface area contributed by atoms with Gasteiger partial charge in [-0.05, 0) is 30.7 Å². The van der Waals surface area contributed by atoms with Gasteiger partial charge >= 0.3 is 0 Å². The van der Waals surface area contributed by atoms with Crippen LogP contribution >= 0.6 is 0 Å². The van der Waals surface area contributed by atoms with E-state index in [1.807, 2.05) is 0 Å². The summed E-state index contributed by atoms with van der Waals surface area (Å²) < 4.78 is 31.7. The molecule has 8 heteroatoms. The predicted octanol–water partition coefficient (Wildman–Crippen LogP) is 0.922. The number of hydrogen-bond acceptors (Lipinski definition) is 5. The van der Waals surface area contributed by atoms with Crippen molar-refractivity contribution in [1.29, 1.82) is 0 Å². The smallest absolute Gasteiger partial charge is 0.243 e. The molecular weight excluding hydrogens is 292 g/mol. The number of hydrogen-bond donors (Lipinski definition) is 0. The Bertz CT molecular complexity index is 698. The van der Waals surface area contributed by atoms with E-state index in [4.69, 9.17) is 4.74 Å². The van der Waals surface area contributed by atoms with Crippen LogP contribution in [0.2, 0.25) is 0 Å². The van der Waals surface area contributed by atoms with Gasteiger partial charge in [0.25, 0.3) is 0 Å². The number of ether oxygens (including phenoxy) is 1. The molecule has 2 heterocycles. The molecule has 0 N–H and O–H groups in total. The largest absolute Gasteiger partial charge is 0.497 e. The third-order valence-corrected chi connectivity index (χ3v) is 5.47. The molecule has 0 bridgehead atoms. The Balaban J connectivity index is 1.79. The second-order valence-electron chi connectivity index (χ2n) is 4.83. The van der Waals surface area contributed by atoms with Crippen LogP contribution in [0.1, 0.15) is 12.5 Å². The minimum Gasteiger partial charge on any atom is -0.497 e. The first kappa shape index (κ1) is 14.0. The summed E-state index contributed by atoms with van der Waals surface area (Å²) in [7, 11) is -1.93. The minimum atomic E-state index is -3.48. The molecule has 7 nitrogen and oxygen atoms in total. The van der Waals surface area contributed by atoms with Crippen LogP contribution in [0.25, 0.3) is 0 Å². The van der Waals surface area contributed by atoms with Gasteiger partial charge in [0, 0.05) is 13.1 Å². The van der Waals surface area contributed by atoms with Gasteiger partial charge < -0.3 is 4.74 Å². The minimum absolute atomic E-state index is 0.00646. The summed E-state index contributed by atoms with van der Waals surface area (Å²) in [6.07, 6.45) is 3.91. The zero-order valence-corrected chi connectivity index (χ0v) is 12.4. The van der Waals surface area contributed by atoms with Gasteiger partial charge in [-0.25, -0.2) is 8.42 Å². The third-order valence-electron chi connectivity index (χ3n) is 3.59. The number of sulfonamides is 1. The van der Waals surface area contributed by atoms with E-state index >= 15 is 0 Å². The van der Waals surface area contributed by atoms with Gasteiger partial charge in [0.2, 0.25) is 10.0 Å². The van der Waals surface area contributed by atoms with Crippen LogP contribution in [-0.2, 0) is 10.0 Å². The topological polar surface area (TPSA) is 77.3 Å². The van der Waals surface area contributed by atoms with Gasteiger partial charge in [-0.2, -0.15) is 19.3 Å². The predicted molar refractivity (Wildman–Crippen MR) is 75.4 cm³/mol. The SMILES string of the molecule is COc1ccc(S(=O)(=O)N2CCC(n3nccn3)C2)cc1. The first-order valence-corrected chi connectivity index (χ1v) is 8.05. The van der Waals surface area contributed by atoms with Crippen LogP contribution in [0.5, 0.6) is 5.75 Å². The average molecular weight is 308 g/mol. The Morgan fingerprint density at radius 2 is 1.86 bits per heavy atom. The molecular formula is C13H16N4O3S. The highest BCUT2D eigenvalue weighted by atomic mass is 32.2. The quantitative estimate of drug-likeness (QED) is 0.839. The normalized spacial score (nSPS) is 19.8. The van der Waals surface area contributed by atoms with Crippen LogP contribution in [-0.4, -0.2) is 47.9 Å². The highest BCUT2D eigenvalue weighted by Crippen LogP contribution is 2.27. The van der Waals surface area contributed by atoms with Crippen molar-refractivity contribution in [1.82, 2.24) is 19.3 Å². The second-order valence-corrected chi connectivity index (χ2v) is 6.77. The van der Waals surface area contributed by atoms with Gasteiger partial charge in [-0.1, -0.05) is 0 Å². The Hall–Kier alpha value is -1.93. The van der Waals surface area contributed by atoms with Crippen molar-refractivity contribution in [2.24, 2.45) is 0 Å². The fourth-order valence-electron chi connectivity index (χ4n) is 2.43. The van der Waals surface area contributed by atoms with Gasteiger partial charge in [0.15, 0.2) is 0 Å². The van der Waals surface area contributed by atoms with E-state index in [9.17, 15) is 8.42 Å². The highest BCUT2D eigenvalue weighted by Gasteiger charge is 2.34. The van der Waals surface area contributed by atoms with Gasteiger partial charge in [0.05, 0.1) is 30.4 Å². The molecule has 1 aliphatic heterocycles. The Kier molecular flexibility index (Phi) is 3.64. The van der Waals surface area contributed by atoms with E-state index in [1.165, 1.54) is 4.31 Å². The maximum absolute atomic E-state index is 12.6. The summed E-state index contributed by atoms with van der Waals surface area (Å²) in [5.41, 5.74) is 0. The third kappa shape index (κ3) is 2.64. The lowest BCUT2D eigenvalue weighted by Gasteiger charge is -2.16. The van der Waals surface area contributed by atoms with Crippen molar-refractivity contribution in [2.45, 2.75) is 17.4 Å². The molecule has 1 fully saturated rings. The Labute approximate surface area is 123 Å². The summed E-state index contributed by atoms with van der Waals surface area (Å²) in [4.78, 5) is 1.85. The lowest BCUT2D eigenvalue weighted by Crippen LogP contribution is -2.29. The number of nitrogens with zero attached hydrogens (tertiary/aromatic N) is 4. The molecule has 1 atom stereocenters. The Morgan fingerprint density at radius 1 is 1.19 bits per heavy atom. The summed E-state index contributed by atoms with van der Waals surface area (Å²) in [5.74, 6) is 0.633. The maximum Gasteiger partial charge on any atom is 0.243 e. The van der Waals surface area contributed by atoms with Crippen LogP contribution in [0.3, 0.4) is 0 Å². The lowest BCUT2D eigenvalue weighted by atomic mass is 10.3. The number of methoxy groups -OCH3 is 1. The number of rotatable bonds is 4. The zero-order valence-electron chi connectivity index (χ0n) is 11.6. The van der Waals surface area contributed by atoms with E-state index in [0.717, 1.165) is 0 Å². The molecule has 21 heavy (non-hydrogen) atoms. The molecule has 1 aromatic heterocycles. The van der Waals surface area contributed by atoms with E-state index in [2.05, 4.69) is 10.2 Å². The molecule has 2 aromatic rings. The van der Waals surface area contributed by atoms with Crippen LogP contribution in [0.4, 0.5) is 0 Å². The van der Waals surface area contributed by atoms with E-state index in [0.29, 0.717) is 25.3 Å². The summed E-state index contributed by atoms with van der Waals surface area (Å²) >= 11 is 0. The molecule has 0 aliphatic carbocycles. The fraction of sp³-hybridized carbons (Fsp3) is 0.385.